The molecular weight excluding hydrogens is 469 g/mol. The first-order valence-corrected chi connectivity index (χ1v) is 8.94. The number of aromatic nitrogens is 2. The van der Waals surface area contributed by atoms with Crippen LogP contribution in [0.25, 0.3) is 5.69 Å². The lowest BCUT2D eigenvalue weighted by Crippen LogP contribution is -2.07. The summed E-state index contributed by atoms with van der Waals surface area (Å²) in [6, 6.07) is 8.36. The van der Waals surface area contributed by atoms with Crippen molar-refractivity contribution in [1.29, 1.82) is 5.26 Å². The van der Waals surface area contributed by atoms with E-state index in [1.165, 1.54) is 24.4 Å². The highest BCUT2D eigenvalue weighted by molar-refractivity contribution is 6.38. The van der Waals surface area contributed by atoms with Crippen LogP contribution < -0.4 is 0 Å². The molecule has 0 amide bonds. The fourth-order valence-electron chi connectivity index (χ4n) is 2.51. The smallest absolute Gasteiger partial charge is 0.236 e. The molecule has 0 bridgehead atoms. The molecule has 0 aliphatic heterocycles. The molecule has 31 heavy (non-hydrogen) atoms. The zero-order chi connectivity index (χ0) is 23.0. The number of nitriles is 1. The Bertz CT molecular complexity index is 1170. The van der Waals surface area contributed by atoms with Crippen molar-refractivity contribution in [2.75, 3.05) is 0 Å². The van der Waals surface area contributed by atoms with Crippen LogP contribution in [0, 0.1) is 11.3 Å². The van der Waals surface area contributed by atoms with Crippen molar-refractivity contribution in [3.8, 4) is 11.8 Å². The molecule has 3 rings (SSSR count). The summed E-state index contributed by atoms with van der Waals surface area (Å²) < 4.78 is 77.8. The quantitative estimate of drug-likeness (QED) is 0.307. The van der Waals surface area contributed by atoms with Crippen molar-refractivity contribution in [2.24, 2.45) is 4.99 Å². The van der Waals surface area contributed by atoms with Crippen LogP contribution in [0.3, 0.4) is 0 Å². The van der Waals surface area contributed by atoms with Crippen LogP contribution in [-0.2, 0) is 12.4 Å². The van der Waals surface area contributed by atoms with Crippen LogP contribution in [0.4, 0.5) is 32.2 Å². The minimum Gasteiger partial charge on any atom is -0.236 e. The first-order chi connectivity index (χ1) is 14.4. The Morgan fingerprint density at radius 3 is 1.94 bits per heavy atom. The highest BCUT2D eigenvalue weighted by Crippen LogP contribution is 2.38. The lowest BCUT2D eigenvalue weighted by Gasteiger charge is -2.13. The second-order valence-corrected chi connectivity index (χ2v) is 6.89. The van der Waals surface area contributed by atoms with Crippen LogP contribution in [-0.4, -0.2) is 16.0 Å². The summed E-state index contributed by atoms with van der Waals surface area (Å²) in [5, 5.41) is 12.2. The van der Waals surface area contributed by atoms with Gasteiger partial charge in [-0.1, -0.05) is 35.3 Å². The monoisotopic (exact) mass is 476 g/mol. The summed E-state index contributed by atoms with van der Waals surface area (Å²) in [6.07, 6.45) is -7.98. The predicted octanol–water partition coefficient (Wildman–Crippen LogP) is 6.84. The Kier molecular flexibility index (Phi) is 6.02. The number of hydrogen-bond acceptors (Lipinski definition) is 3. The minimum absolute atomic E-state index is 0.0278. The Labute approximate surface area is 181 Å². The standard InChI is InChI=1S/C19H8Cl2F6N4/c20-14-5-12(19(25,26)27)6-15(21)17(14)31-16(7-13(8-28)30-31)29-9-10-1-3-11(4-2-10)18(22,23)24/h1-7,9H/b29-9+. The predicted molar refractivity (Wildman–Crippen MR) is 102 cm³/mol. The maximum absolute atomic E-state index is 13.0. The van der Waals surface area contributed by atoms with Crippen LogP contribution >= 0.6 is 23.2 Å². The summed E-state index contributed by atoms with van der Waals surface area (Å²) >= 11 is 12.0. The second-order valence-electron chi connectivity index (χ2n) is 6.08. The number of halogens is 8. The van der Waals surface area contributed by atoms with E-state index >= 15 is 0 Å². The molecule has 0 unspecified atom stereocenters. The lowest BCUT2D eigenvalue weighted by molar-refractivity contribution is -0.138. The van der Waals surface area contributed by atoms with Gasteiger partial charge in [-0.2, -0.15) is 36.7 Å². The number of rotatable bonds is 3. The van der Waals surface area contributed by atoms with E-state index in [1.54, 1.807) is 6.07 Å². The molecule has 0 aliphatic rings. The van der Waals surface area contributed by atoms with E-state index < -0.39 is 33.5 Å². The van der Waals surface area contributed by atoms with E-state index in [9.17, 15) is 26.3 Å². The third-order valence-corrected chi connectivity index (χ3v) is 4.52. The average molecular weight is 477 g/mol. The van der Waals surface area contributed by atoms with Gasteiger partial charge in [0.15, 0.2) is 11.5 Å². The van der Waals surface area contributed by atoms with Crippen molar-refractivity contribution in [2.45, 2.75) is 12.4 Å². The molecule has 0 spiro atoms. The molecule has 12 heteroatoms. The Balaban J connectivity index is 2.03. The maximum atomic E-state index is 13.0. The molecule has 3 aromatic rings. The molecule has 0 atom stereocenters. The van der Waals surface area contributed by atoms with E-state index in [4.69, 9.17) is 28.5 Å². The first kappa shape index (κ1) is 22.7. The van der Waals surface area contributed by atoms with Crippen LogP contribution in [0.1, 0.15) is 22.4 Å². The van der Waals surface area contributed by atoms with Gasteiger partial charge >= 0.3 is 12.4 Å². The lowest BCUT2D eigenvalue weighted by atomic mass is 10.1. The fourth-order valence-corrected chi connectivity index (χ4v) is 3.16. The zero-order valence-corrected chi connectivity index (χ0v) is 16.4. The summed E-state index contributed by atoms with van der Waals surface area (Å²) in [7, 11) is 0. The highest BCUT2D eigenvalue weighted by Gasteiger charge is 2.32. The topological polar surface area (TPSA) is 54.0 Å². The Morgan fingerprint density at radius 2 is 1.45 bits per heavy atom. The third-order valence-electron chi connectivity index (χ3n) is 3.95. The van der Waals surface area contributed by atoms with Crippen LogP contribution in [0.5, 0.6) is 0 Å². The van der Waals surface area contributed by atoms with Crippen molar-refractivity contribution in [3.63, 3.8) is 0 Å². The normalized spacial score (nSPS) is 12.4. The van der Waals surface area contributed by atoms with Crippen molar-refractivity contribution < 1.29 is 26.3 Å². The van der Waals surface area contributed by atoms with Gasteiger partial charge in [-0.15, -0.1) is 0 Å². The van der Waals surface area contributed by atoms with E-state index in [1.807, 2.05) is 0 Å². The van der Waals surface area contributed by atoms with Gasteiger partial charge < -0.3 is 0 Å². The van der Waals surface area contributed by atoms with Gasteiger partial charge in [-0.05, 0) is 29.8 Å². The van der Waals surface area contributed by atoms with Gasteiger partial charge in [-0.25, -0.2) is 9.67 Å². The van der Waals surface area contributed by atoms with Crippen molar-refractivity contribution in [1.82, 2.24) is 9.78 Å². The molecule has 0 fully saturated rings. The molecule has 0 saturated carbocycles. The molecule has 160 valence electrons. The second kappa shape index (κ2) is 8.24. The van der Waals surface area contributed by atoms with Gasteiger partial charge in [0.05, 0.1) is 21.2 Å². The minimum atomic E-state index is -4.68. The summed E-state index contributed by atoms with van der Waals surface area (Å²) in [4.78, 5) is 4.07. The van der Waals surface area contributed by atoms with E-state index in [0.29, 0.717) is 17.7 Å². The van der Waals surface area contributed by atoms with Crippen LogP contribution in [0.2, 0.25) is 10.0 Å². The Hall–Kier alpha value is -3.03. The summed E-state index contributed by atoms with van der Waals surface area (Å²) in [6.45, 7) is 0. The largest absolute Gasteiger partial charge is 0.416 e. The highest BCUT2D eigenvalue weighted by atomic mass is 35.5. The fraction of sp³-hybridized carbons (Fsp3) is 0.105. The average Bonchev–Trinajstić information content (AvgIpc) is 3.07. The van der Waals surface area contributed by atoms with Gasteiger partial charge in [-0.3, -0.25) is 0 Å². The van der Waals surface area contributed by atoms with E-state index in [-0.39, 0.29) is 17.2 Å². The van der Waals surface area contributed by atoms with Crippen LogP contribution in [0.15, 0.2) is 47.5 Å². The molecule has 0 N–H and O–H groups in total. The molecular formula is C19H8Cl2F6N4. The number of alkyl halides is 6. The van der Waals surface area contributed by atoms with Gasteiger partial charge in [0, 0.05) is 12.3 Å². The SMILES string of the molecule is N#Cc1cc(/N=C/c2ccc(C(F)(F)F)cc2)n(-c2c(Cl)cc(C(F)(F)F)cc2Cl)n1. The number of hydrogen-bond donors (Lipinski definition) is 0. The van der Waals surface area contributed by atoms with Crippen molar-refractivity contribution >= 4 is 35.2 Å². The molecule has 1 aromatic heterocycles. The molecule has 4 nitrogen and oxygen atoms in total. The molecule has 2 aromatic carbocycles. The summed E-state index contributed by atoms with van der Waals surface area (Å²) in [5.74, 6) is -0.0278. The summed E-state index contributed by atoms with van der Waals surface area (Å²) in [5.41, 5.74) is -1.90. The number of nitrogens with zero attached hydrogens (tertiary/aromatic N) is 4. The van der Waals surface area contributed by atoms with E-state index in [2.05, 4.69) is 10.1 Å². The first-order valence-electron chi connectivity index (χ1n) is 8.18. The van der Waals surface area contributed by atoms with Crippen molar-refractivity contribution in [3.05, 3.63) is 74.9 Å². The molecule has 1 heterocycles. The van der Waals surface area contributed by atoms with Gasteiger partial charge in [0.1, 0.15) is 11.8 Å². The van der Waals surface area contributed by atoms with E-state index in [0.717, 1.165) is 16.8 Å². The Morgan fingerprint density at radius 1 is 0.903 bits per heavy atom. The maximum Gasteiger partial charge on any atom is 0.416 e. The number of benzene rings is 2. The third kappa shape index (κ3) is 5.00. The number of aliphatic imine (C=N–C) groups is 1. The molecule has 0 aliphatic carbocycles. The molecule has 0 saturated heterocycles. The van der Waals surface area contributed by atoms with Gasteiger partial charge in [0.2, 0.25) is 0 Å². The van der Waals surface area contributed by atoms with Gasteiger partial charge in [0.25, 0.3) is 0 Å². The molecule has 0 radical (unpaired) electrons. The zero-order valence-electron chi connectivity index (χ0n) is 14.9.